The topological polar surface area (TPSA) is 59.7 Å². The number of ether oxygens (including phenoxy) is 1. The summed E-state index contributed by atoms with van der Waals surface area (Å²) >= 11 is 0. The molecule has 0 saturated heterocycles. The molecule has 2 rings (SSSR count). The van der Waals surface area contributed by atoms with Crippen molar-refractivity contribution in [2.45, 2.75) is 6.92 Å². The zero-order chi connectivity index (χ0) is 9.84. The Morgan fingerprint density at radius 1 is 1.54 bits per heavy atom. The van der Waals surface area contributed by atoms with Crippen LogP contribution in [0, 0.1) is 0 Å². The molecular formula is C9H10O4. The minimum atomic E-state index is -0.833. The summed E-state index contributed by atoms with van der Waals surface area (Å²) in [6.45, 7) is 1.08. The first-order valence-electron chi connectivity index (χ1n) is 3.69. The summed E-state index contributed by atoms with van der Waals surface area (Å²) in [6, 6.07) is 5.68. The number of methoxy groups -OCH3 is 1. The Morgan fingerprint density at radius 2 is 2.15 bits per heavy atom. The van der Waals surface area contributed by atoms with Crippen molar-refractivity contribution < 1.29 is 19.1 Å². The molecule has 4 heteroatoms. The van der Waals surface area contributed by atoms with Gasteiger partial charge in [0.25, 0.3) is 5.97 Å². The smallest absolute Gasteiger partial charge is 0.300 e. The Morgan fingerprint density at radius 3 is 2.38 bits per heavy atom. The Bertz CT molecular complexity index is 373. The van der Waals surface area contributed by atoms with Gasteiger partial charge in [0.15, 0.2) is 11.3 Å². The lowest BCUT2D eigenvalue weighted by Gasteiger charge is -1.90. The Hall–Kier alpha value is -1.71. The van der Waals surface area contributed by atoms with Crippen LogP contribution in [0.25, 0.3) is 11.2 Å². The highest BCUT2D eigenvalue weighted by molar-refractivity contribution is 5.69. The molecule has 70 valence electrons. The van der Waals surface area contributed by atoms with Crippen LogP contribution in [-0.2, 0) is 4.79 Å². The zero-order valence-corrected chi connectivity index (χ0v) is 7.40. The predicted molar refractivity (Wildman–Crippen MR) is 47.3 cm³/mol. The van der Waals surface area contributed by atoms with E-state index in [0.717, 1.165) is 23.8 Å². The van der Waals surface area contributed by atoms with Gasteiger partial charge in [-0.05, 0) is 12.1 Å². The molecule has 0 spiro atoms. The van der Waals surface area contributed by atoms with Crippen molar-refractivity contribution in [2.75, 3.05) is 7.11 Å². The third kappa shape index (κ3) is 2.37. The number of carboxylic acid groups (broad SMARTS) is 1. The summed E-state index contributed by atoms with van der Waals surface area (Å²) in [5, 5.41) is 7.42. The van der Waals surface area contributed by atoms with E-state index in [1.165, 1.54) is 0 Å². The van der Waals surface area contributed by atoms with Gasteiger partial charge in [-0.3, -0.25) is 4.79 Å². The first-order valence-corrected chi connectivity index (χ1v) is 3.69. The third-order valence-electron chi connectivity index (χ3n) is 1.36. The molecule has 4 nitrogen and oxygen atoms in total. The van der Waals surface area contributed by atoms with Crippen LogP contribution in [0.1, 0.15) is 6.92 Å². The molecule has 0 unspecified atom stereocenters. The summed E-state index contributed by atoms with van der Waals surface area (Å²) in [6.07, 6.45) is 0. The fourth-order valence-corrected chi connectivity index (χ4v) is 0.923. The largest absolute Gasteiger partial charge is 0.493 e. The summed E-state index contributed by atoms with van der Waals surface area (Å²) in [4.78, 5) is 9.00. The van der Waals surface area contributed by atoms with Crippen molar-refractivity contribution in [3.05, 3.63) is 18.2 Å². The van der Waals surface area contributed by atoms with Gasteiger partial charge in [0.1, 0.15) is 5.58 Å². The van der Waals surface area contributed by atoms with Gasteiger partial charge in [-0.2, -0.15) is 0 Å². The van der Waals surface area contributed by atoms with E-state index in [9.17, 15) is 0 Å². The molecule has 0 atom stereocenters. The van der Waals surface area contributed by atoms with Crippen LogP contribution in [0.2, 0.25) is 0 Å². The second kappa shape index (κ2) is 3.80. The van der Waals surface area contributed by atoms with Crippen molar-refractivity contribution in [3.8, 4) is 5.75 Å². The second-order valence-corrected chi connectivity index (χ2v) is 2.43. The summed E-state index contributed by atoms with van der Waals surface area (Å²) in [5.74, 6) is -0.00694. The molecule has 0 aliphatic rings. The van der Waals surface area contributed by atoms with Crippen LogP contribution in [0.3, 0.4) is 0 Å². The van der Waals surface area contributed by atoms with Gasteiger partial charge in [-0.15, -0.1) is 0 Å². The van der Waals surface area contributed by atoms with Gasteiger partial charge < -0.3 is 14.3 Å². The summed E-state index contributed by atoms with van der Waals surface area (Å²) in [7, 11) is 1.64. The minimum Gasteiger partial charge on any atom is -0.493 e. The molecule has 0 aromatic carbocycles. The average molecular weight is 182 g/mol. The van der Waals surface area contributed by atoms with Crippen molar-refractivity contribution in [2.24, 2.45) is 0 Å². The van der Waals surface area contributed by atoms with Gasteiger partial charge in [-0.1, -0.05) is 0 Å². The van der Waals surface area contributed by atoms with E-state index < -0.39 is 5.97 Å². The Balaban J connectivity index is 0.000000184. The van der Waals surface area contributed by atoms with E-state index in [2.05, 4.69) is 0 Å². The van der Waals surface area contributed by atoms with Gasteiger partial charge in [0.2, 0.25) is 0 Å². The molecule has 0 aliphatic carbocycles. The Kier molecular flexibility index (Phi) is 2.74. The van der Waals surface area contributed by atoms with E-state index >= 15 is 0 Å². The minimum absolute atomic E-state index is 0.826. The maximum Gasteiger partial charge on any atom is 0.300 e. The highest BCUT2D eigenvalue weighted by Crippen LogP contribution is 2.27. The fourth-order valence-electron chi connectivity index (χ4n) is 0.923. The number of hydrogen-bond acceptors (Lipinski definition) is 3. The number of benzene rings is 1. The maximum absolute atomic E-state index is 9.00. The monoisotopic (exact) mass is 182 g/mol. The quantitative estimate of drug-likeness (QED) is 0.732. The molecule has 13 heavy (non-hydrogen) atoms. The normalized spacial score (nSPS) is 9.38. The van der Waals surface area contributed by atoms with Crippen LogP contribution in [0.15, 0.2) is 22.6 Å². The number of carbonyl (C=O) groups is 1. The standard InChI is InChI=1S/C7H6O2.C2H4O2/c1-8-7-4-5-2-3-6(7)9-5;1-2(3)4/h2-4H,1H3;1H3,(H,3,4). The van der Waals surface area contributed by atoms with E-state index in [1.54, 1.807) is 7.11 Å². The van der Waals surface area contributed by atoms with Crippen LogP contribution in [-0.4, -0.2) is 18.2 Å². The van der Waals surface area contributed by atoms with E-state index in [1.807, 2.05) is 18.2 Å². The molecule has 0 aliphatic heterocycles. The molecular weight excluding hydrogens is 172 g/mol. The predicted octanol–water partition coefficient (Wildman–Crippen LogP) is 1.97. The number of carboxylic acids is 1. The fraction of sp³-hybridized carbons (Fsp3) is 0.222. The number of fused-ring (bicyclic) bond motifs is 2. The SMILES string of the molecule is CC(=O)O.COc1cc2ccc1o2. The van der Waals surface area contributed by atoms with Crippen LogP contribution >= 0.6 is 0 Å². The van der Waals surface area contributed by atoms with E-state index in [0.29, 0.717) is 0 Å². The van der Waals surface area contributed by atoms with Crippen LogP contribution in [0.5, 0.6) is 5.75 Å². The van der Waals surface area contributed by atoms with E-state index in [-0.39, 0.29) is 0 Å². The lowest BCUT2D eigenvalue weighted by molar-refractivity contribution is -0.134. The molecule has 0 saturated carbocycles. The van der Waals surface area contributed by atoms with Crippen LogP contribution < -0.4 is 4.74 Å². The van der Waals surface area contributed by atoms with Crippen molar-refractivity contribution >= 4 is 17.1 Å². The molecule has 0 radical (unpaired) electrons. The van der Waals surface area contributed by atoms with Crippen molar-refractivity contribution in [1.82, 2.24) is 0 Å². The van der Waals surface area contributed by atoms with E-state index in [4.69, 9.17) is 19.1 Å². The lowest BCUT2D eigenvalue weighted by Crippen LogP contribution is -1.78. The number of hydrogen-bond donors (Lipinski definition) is 1. The first-order chi connectivity index (χ1) is 6.13. The first kappa shape index (κ1) is 9.38. The highest BCUT2D eigenvalue weighted by atomic mass is 16.5. The summed E-state index contributed by atoms with van der Waals surface area (Å²) in [5.41, 5.74) is 1.70. The molecule has 0 amide bonds. The number of aliphatic carboxylic acids is 1. The van der Waals surface area contributed by atoms with Gasteiger partial charge in [0, 0.05) is 13.0 Å². The van der Waals surface area contributed by atoms with Crippen LogP contribution in [0.4, 0.5) is 0 Å². The second-order valence-electron chi connectivity index (χ2n) is 2.43. The highest BCUT2D eigenvalue weighted by Gasteiger charge is 2.04. The third-order valence-corrected chi connectivity index (χ3v) is 1.36. The average Bonchev–Trinajstić information content (AvgIpc) is 2.62. The molecule has 2 heterocycles. The molecule has 0 fully saturated rings. The zero-order valence-electron chi connectivity index (χ0n) is 7.40. The Labute approximate surface area is 75.1 Å². The number of rotatable bonds is 1. The molecule has 2 aromatic rings. The summed E-state index contributed by atoms with van der Waals surface area (Å²) < 4.78 is 10.2. The maximum atomic E-state index is 9.00. The van der Waals surface area contributed by atoms with Crippen molar-refractivity contribution in [1.29, 1.82) is 0 Å². The molecule has 1 N–H and O–H groups in total. The molecule has 2 aromatic heterocycles. The molecule has 2 bridgehead atoms. The number of furan rings is 2. The van der Waals surface area contributed by atoms with Crippen molar-refractivity contribution in [3.63, 3.8) is 0 Å². The van der Waals surface area contributed by atoms with Gasteiger partial charge in [-0.25, -0.2) is 0 Å². The van der Waals surface area contributed by atoms with Gasteiger partial charge in [0.05, 0.1) is 7.11 Å². The lowest BCUT2D eigenvalue weighted by atomic mass is 10.3. The van der Waals surface area contributed by atoms with Gasteiger partial charge >= 0.3 is 0 Å².